The van der Waals surface area contributed by atoms with Crippen LogP contribution in [0.1, 0.15) is 22.8 Å². The summed E-state index contributed by atoms with van der Waals surface area (Å²) in [6.07, 6.45) is 0.490. The molecule has 0 bridgehead atoms. The zero-order valence-corrected chi connectivity index (χ0v) is 16.1. The Hall–Kier alpha value is -3.42. The average Bonchev–Trinajstić information content (AvgIpc) is 2.70. The third-order valence-electron chi connectivity index (χ3n) is 3.93. The Balaban J connectivity index is 1.93. The summed E-state index contributed by atoms with van der Waals surface area (Å²) in [7, 11) is 3.01. The number of ether oxygens (including phenoxy) is 3. The number of methoxy groups -OCH3 is 2. The van der Waals surface area contributed by atoms with Crippen molar-refractivity contribution in [2.45, 2.75) is 13.3 Å². The molecule has 0 atom stereocenters. The maximum atomic E-state index is 12.1. The van der Waals surface area contributed by atoms with Gasteiger partial charge in [-0.05, 0) is 43.2 Å². The molecule has 3 N–H and O–H groups in total. The highest BCUT2D eigenvalue weighted by Crippen LogP contribution is 2.27. The van der Waals surface area contributed by atoms with Gasteiger partial charge < -0.3 is 30.0 Å². The van der Waals surface area contributed by atoms with Crippen LogP contribution in [-0.2, 0) is 11.2 Å². The van der Waals surface area contributed by atoms with Gasteiger partial charge in [-0.2, -0.15) is 0 Å². The van der Waals surface area contributed by atoms with Gasteiger partial charge in [0.1, 0.15) is 17.2 Å². The van der Waals surface area contributed by atoms with Crippen molar-refractivity contribution >= 4 is 17.7 Å². The number of phenols is 1. The monoisotopic (exact) mass is 388 g/mol. The van der Waals surface area contributed by atoms with Crippen LogP contribution in [0.4, 0.5) is 10.5 Å². The number of aromatic hydroxyl groups is 1. The molecule has 0 saturated carbocycles. The topological polar surface area (TPSA) is 106 Å². The normalized spacial score (nSPS) is 10.1. The average molecular weight is 388 g/mol. The number of anilines is 1. The van der Waals surface area contributed by atoms with Crippen LogP contribution >= 0.6 is 0 Å². The van der Waals surface area contributed by atoms with Gasteiger partial charge in [0.05, 0.1) is 32.1 Å². The molecule has 2 aromatic carbocycles. The third-order valence-corrected chi connectivity index (χ3v) is 3.93. The summed E-state index contributed by atoms with van der Waals surface area (Å²) in [4.78, 5) is 23.9. The van der Waals surface area contributed by atoms with Gasteiger partial charge in [-0.15, -0.1) is 0 Å². The van der Waals surface area contributed by atoms with Gasteiger partial charge in [0.15, 0.2) is 0 Å². The lowest BCUT2D eigenvalue weighted by atomic mass is 10.1. The molecule has 8 heteroatoms. The summed E-state index contributed by atoms with van der Waals surface area (Å²) < 4.78 is 15.4. The van der Waals surface area contributed by atoms with Crippen molar-refractivity contribution in [1.29, 1.82) is 0 Å². The Kier molecular flexibility index (Phi) is 7.50. The Morgan fingerprint density at radius 3 is 2.54 bits per heavy atom. The van der Waals surface area contributed by atoms with Gasteiger partial charge in [0.2, 0.25) is 0 Å². The predicted molar refractivity (Wildman–Crippen MR) is 104 cm³/mol. The number of esters is 1. The largest absolute Gasteiger partial charge is 0.506 e. The molecule has 0 unspecified atom stereocenters. The highest BCUT2D eigenvalue weighted by Gasteiger charge is 2.12. The van der Waals surface area contributed by atoms with E-state index >= 15 is 0 Å². The number of phenolic OH excluding ortho intramolecular Hbond substituents is 1. The highest BCUT2D eigenvalue weighted by molar-refractivity contribution is 5.91. The van der Waals surface area contributed by atoms with E-state index in [1.807, 2.05) is 0 Å². The minimum atomic E-state index is -0.467. The van der Waals surface area contributed by atoms with Gasteiger partial charge in [-0.1, -0.05) is 6.07 Å². The van der Waals surface area contributed by atoms with Crippen LogP contribution in [-0.4, -0.2) is 44.5 Å². The predicted octanol–water partition coefficient (Wildman–Crippen LogP) is 2.95. The molecule has 0 aliphatic heterocycles. The molecule has 150 valence electrons. The van der Waals surface area contributed by atoms with E-state index in [0.29, 0.717) is 36.6 Å². The van der Waals surface area contributed by atoms with Crippen molar-refractivity contribution in [1.82, 2.24) is 5.32 Å². The highest BCUT2D eigenvalue weighted by atomic mass is 16.5. The van der Waals surface area contributed by atoms with Crippen LogP contribution in [0, 0.1) is 0 Å². The van der Waals surface area contributed by atoms with Crippen LogP contribution in [0.25, 0.3) is 0 Å². The van der Waals surface area contributed by atoms with E-state index in [2.05, 4.69) is 10.6 Å². The molecule has 0 heterocycles. The molecule has 8 nitrogen and oxygen atoms in total. The van der Waals surface area contributed by atoms with E-state index in [-0.39, 0.29) is 11.4 Å². The molecule has 0 fully saturated rings. The van der Waals surface area contributed by atoms with Crippen molar-refractivity contribution in [3.05, 3.63) is 47.5 Å². The summed E-state index contributed by atoms with van der Waals surface area (Å²) in [5, 5.41) is 15.1. The van der Waals surface area contributed by atoms with Gasteiger partial charge in [0.25, 0.3) is 0 Å². The van der Waals surface area contributed by atoms with E-state index in [1.54, 1.807) is 31.2 Å². The fourth-order valence-electron chi connectivity index (χ4n) is 2.51. The number of hydrogen-bond acceptors (Lipinski definition) is 6. The molecule has 0 spiro atoms. The van der Waals surface area contributed by atoms with Crippen molar-refractivity contribution in [3.63, 3.8) is 0 Å². The molecule has 0 aliphatic rings. The van der Waals surface area contributed by atoms with E-state index in [9.17, 15) is 14.7 Å². The summed E-state index contributed by atoms with van der Waals surface area (Å²) in [5.74, 6) is 0.577. The van der Waals surface area contributed by atoms with Gasteiger partial charge in [-0.3, -0.25) is 0 Å². The minimum Gasteiger partial charge on any atom is -0.506 e. The zero-order valence-electron chi connectivity index (χ0n) is 16.1. The Labute approximate surface area is 163 Å². The summed E-state index contributed by atoms with van der Waals surface area (Å²) in [5.41, 5.74) is 1.48. The molecule has 2 amide bonds. The molecule has 28 heavy (non-hydrogen) atoms. The molecular formula is C20H24N2O6. The first-order valence-corrected chi connectivity index (χ1v) is 8.74. The standard InChI is InChI=1S/C20H24N2O6/c1-4-28-19(24)14-6-5-13(18(11-14)27-3)9-10-21-20(25)22-16-12-15(26-2)7-8-17(16)23/h5-8,11-12,23H,4,9-10H2,1-3H3,(H2,21,22,25). The fourth-order valence-corrected chi connectivity index (χ4v) is 2.51. The third kappa shape index (κ3) is 5.54. The maximum absolute atomic E-state index is 12.1. The molecule has 2 aromatic rings. The Bertz CT molecular complexity index is 837. The van der Waals surface area contributed by atoms with E-state index in [4.69, 9.17) is 14.2 Å². The first kappa shape index (κ1) is 20.9. The van der Waals surface area contributed by atoms with Crippen molar-refractivity contribution in [2.75, 3.05) is 32.7 Å². The Morgan fingerprint density at radius 1 is 1.07 bits per heavy atom. The number of carbonyl (C=O) groups excluding carboxylic acids is 2. The van der Waals surface area contributed by atoms with Crippen LogP contribution in [0.2, 0.25) is 0 Å². The molecule has 0 radical (unpaired) electrons. The van der Waals surface area contributed by atoms with Gasteiger partial charge in [-0.25, -0.2) is 9.59 Å². The van der Waals surface area contributed by atoms with Crippen molar-refractivity contribution in [3.8, 4) is 17.2 Å². The number of rotatable bonds is 8. The van der Waals surface area contributed by atoms with E-state index < -0.39 is 12.0 Å². The van der Waals surface area contributed by atoms with Crippen LogP contribution < -0.4 is 20.1 Å². The number of hydrogen-bond donors (Lipinski definition) is 3. The molecule has 2 rings (SSSR count). The van der Waals surface area contributed by atoms with E-state index in [1.165, 1.54) is 26.4 Å². The SMILES string of the molecule is CCOC(=O)c1ccc(CCNC(=O)Nc2cc(OC)ccc2O)c(OC)c1. The lowest BCUT2D eigenvalue weighted by Gasteiger charge is -2.12. The zero-order chi connectivity index (χ0) is 20.5. The lowest BCUT2D eigenvalue weighted by Crippen LogP contribution is -2.30. The van der Waals surface area contributed by atoms with Crippen LogP contribution in [0.3, 0.4) is 0 Å². The number of carbonyl (C=O) groups is 2. The summed E-state index contributed by atoms with van der Waals surface area (Å²) >= 11 is 0. The fraction of sp³-hybridized carbons (Fsp3) is 0.300. The smallest absolute Gasteiger partial charge is 0.338 e. The second-order valence-corrected chi connectivity index (χ2v) is 5.76. The maximum Gasteiger partial charge on any atom is 0.338 e. The second-order valence-electron chi connectivity index (χ2n) is 5.76. The molecule has 0 saturated heterocycles. The minimum absolute atomic E-state index is 0.0628. The van der Waals surface area contributed by atoms with Crippen LogP contribution in [0.15, 0.2) is 36.4 Å². The molecule has 0 aromatic heterocycles. The number of nitrogens with one attached hydrogen (secondary N) is 2. The van der Waals surface area contributed by atoms with E-state index in [0.717, 1.165) is 5.56 Å². The number of amides is 2. The Morgan fingerprint density at radius 2 is 1.86 bits per heavy atom. The lowest BCUT2D eigenvalue weighted by molar-refractivity contribution is 0.0526. The quantitative estimate of drug-likeness (QED) is 0.474. The summed E-state index contributed by atoms with van der Waals surface area (Å²) in [6, 6.07) is 9.11. The number of urea groups is 1. The van der Waals surface area contributed by atoms with Crippen molar-refractivity contribution < 1.29 is 28.9 Å². The van der Waals surface area contributed by atoms with Crippen molar-refractivity contribution in [2.24, 2.45) is 0 Å². The van der Waals surface area contributed by atoms with Gasteiger partial charge >= 0.3 is 12.0 Å². The van der Waals surface area contributed by atoms with Crippen LogP contribution in [0.5, 0.6) is 17.2 Å². The second kappa shape index (κ2) is 10.1. The molecular weight excluding hydrogens is 364 g/mol. The van der Waals surface area contributed by atoms with Gasteiger partial charge in [0, 0.05) is 12.6 Å². The first-order chi connectivity index (χ1) is 13.5. The first-order valence-electron chi connectivity index (χ1n) is 8.74. The molecule has 0 aliphatic carbocycles. The summed E-state index contributed by atoms with van der Waals surface area (Å²) in [6.45, 7) is 2.36. The number of benzene rings is 2.